The summed E-state index contributed by atoms with van der Waals surface area (Å²) in [6.45, 7) is 11.1. The summed E-state index contributed by atoms with van der Waals surface area (Å²) < 4.78 is 71.0. The van der Waals surface area contributed by atoms with Crippen LogP contribution in [0.5, 0.6) is 5.88 Å². The van der Waals surface area contributed by atoms with Gasteiger partial charge in [0.05, 0.1) is 21.3 Å². The van der Waals surface area contributed by atoms with E-state index in [1.807, 2.05) is 13.0 Å². The van der Waals surface area contributed by atoms with Gasteiger partial charge in [-0.1, -0.05) is 44.5 Å². The van der Waals surface area contributed by atoms with Gasteiger partial charge < -0.3 is 15.2 Å². The van der Waals surface area contributed by atoms with E-state index in [1.54, 1.807) is 56.5 Å². The minimum atomic E-state index is -4.32. The Hall–Kier alpha value is -4.58. The molecule has 4 heterocycles. The van der Waals surface area contributed by atoms with Gasteiger partial charge in [-0.2, -0.15) is 13.8 Å². The summed E-state index contributed by atoms with van der Waals surface area (Å²) in [6, 6.07) is -4.09. The molecule has 2 aromatic heterocycles. The molecular formula is C41H52ClF2N7O8S. The zero-order chi connectivity index (χ0) is 43.9. The van der Waals surface area contributed by atoms with Crippen molar-refractivity contribution in [3.8, 4) is 5.88 Å². The molecule has 0 spiro atoms. The molecule has 2 saturated carbocycles. The number of sulfonamides is 1. The van der Waals surface area contributed by atoms with E-state index >= 15 is 13.6 Å². The number of aryl methyl sites for hydroxylation is 1. The summed E-state index contributed by atoms with van der Waals surface area (Å²) in [5.41, 5.74) is -3.51. The lowest BCUT2D eigenvalue weighted by atomic mass is 9.86. The maximum absolute atomic E-state index is 17.8. The van der Waals surface area contributed by atoms with Crippen molar-refractivity contribution in [2.24, 2.45) is 17.8 Å². The number of ether oxygens (including phenoxy) is 1. The van der Waals surface area contributed by atoms with E-state index < -0.39 is 92.2 Å². The Morgan fingerprint density at radius 3 is 2.52 bits per heavy atom. The highest BCUT2D eigenvalue weighted by molar-refractivity contribution is 7.91. The number of rotatable bonds is 8. The van der Waals surface area contributed by atoms with E-state index in [0.717, 1.165) is 11.8 Å². The van der Waals surface area contributed by atoms with Crippen molar-refractivity contribution >= 4 is 62.1 Å². The molecule has 3 aromatic rings. The zero-order valence-electron chi connectivity index (χ0n) is 34.7. The number of amides is 4. The molecule has 8 atom stereocenters. The number of carbonyl (C=O) groups is 4. The van der Waals surface area contributed by atoms with E-state index in [1.165, 1.54) is 13.0 Å². The van der Waals surface area contributed by atoms with Crippen LogP contribution >= 0.6 is 11.6 Å². The molecule has 1 unspecified atom stereocenters. The highest BCUT2D eigenvalue weighted by Crippen LogP contribution is 2.51. The number of imidazole rings is 1. The molecule has 1 saturated heterocycles. The molecule has 0 radical (unpaired) electrons. The number of allylic oxidation sites excluding steroid dienone is 1. The Bertz CT molecular complexity index is 2410. The van der Waals surface area contributed by atoms with Gasteiger partial charge in [0.15, 0.2) is 5.60 Å². The quantitative estimate of drug-likeness (QED) is 0.173. The van der Waals surface area contributed by atoms with Gasteiger partial charge in [0.25, 0.3) is 11.8 Å². The minimum absolute atomic E-state index is 0.0332. The molecule has 60 heavy (non-hydrogen) atoms. The highest BCUT2D eigenvalue weighted by Gasteiger charge is 2.71. The third-order valence-corrected chi connectivity index (χ3v) is 15.5. The number of carbonyl (C=O) groups excluding carboxylic acids is 3. The van der Waals surface area contributed by atoms with Gasteiger partial charge in [0, 0.05) is 29.6 Å². The number of carboxylic acid groups (broad SMARTS) is 1. The molecule has 326 valence electrons. The van der Waals surface area contributed by atoms with Crippen LogP contribution in [0, 0.1) is 24.7 Å². The Morgan fingerprint density at radius 2 is 1.87 bits per heavy atom. The highest BCUT2D eigenvalue weighted by atomic mass is 35.5. The molecule has 2 aliphatic heterocycles. The standard InChI is InChI=1S/C41H52ClF2N7O8S/c1-8-25(5)50(37(55)56)31-23(3)17-22(2)11-9-10-12-26-19-40(26,35(54)48-60(57,58)38(6)15-16-38)47-32(52)30-20-39(7,41(43,44)51(30)34(31)53)59-33-28-18-27(42)13-14-29(28)49-21-24(4)45-36(49)46-33/h10,12-14,18,21-23,25-26,30-31H,8-9,11,15-17,19-20H2,1-7H3,(H,47,52)(H,48,54)(H,55,56)/b12-10-/t22-,23+,25?,26+,30-,31-,39+,40+/m0/s1. The first-order valence-corrected chi connectivity index (χ1v) is 22.3. The summed E-state index contributed by atoms with van der Waals surface area (Å²) in [6.07, 6.45) is 5.15. The average Bonchev–Trinajstić information content (AvgIpc) is 4.03. The summed E-state index contributed by atoms with van der Waals surface area (Å²) in [5.74, 6) is -5.29. The topological polar surface area (TPSA) is 193 Å². The molecule has 1 aromatic carbocycles. The summed E-state index contributed by atoms with van der Waals surface area (Å²) in [4.78, 5) is 66.9. The van der Waals surface area contributed by atoms with Crippen LogP contribution in [-0.4, -0.2) is 102 Å². The van der Waals surface area contributed by atoms with Gasteiger partial charge in [-0.05, 0) is 103 Å². The first-order chi connectivity index (χ1) is 28.0. The predicted octanol–water partition coefficient (Wildman–Crippen LogP) is 6.21. The van der Waals surface area contributed by atoms with Gasteiger partial charge in [0.2, 0.25) is 27.6 Å². The van der Waals surface area contributed by atoms with E-state index in [-0.39, 0.29) is 52.1 Å². The van der Waals surface area contributed by atoms with Gasteiger partial charge in [0.1, 0.15) is 17.6 Å². The predicted molar refractivity (Wildman–Crippen MR) is 218 cm³/mol. The lowest BCUT2D eigenvalue weighted by Crippen LogP contribution is -2.64. The Morgan fingerprint density at radius 1 is 1.17 bits per heavy atom. The Labute approximate surface area is 352 Å². The lowest BCUT2D eigenvalue weighted by molar-refractivity contribution is -0.218. The first kappa shape index (κ1) is 43.5. The number of nitrogens with one attached hydrogen (secondary N) is 2. The third kappa shape index (κ3) is 7.34. The smallest absolute Gasteiger partial charge is 0.408 e. The Balaban J connectivity index is 1.37. The second-order valence-electron chi connectivity index (χ2n) is 17.8. The van der Waals surface area contributed by atoms with E-state index in [0.29, 0.717) is 36.9 Å². The molecule has 7 rings (SSSR count). The van der Waals surface area contributed by atoms with E-state index in [2.05, 4.69) is 20.0 Å². The monoisotopic (exact) mass is 875 g/mol. The van der Waals surface area contributed by atoms with Crippen molar-refractivity contribution in [1.29, 1.82) is 0 Å². The molecule has 2 aliphatic carbocycles. The number of hydrogen-bond acceptors (Lipinski definition) is 9. The number of alkyl halides is 2. The maximum Gasteiger partial charge on any atom is 0.408 e. The molecular weight excluding hydrogens is 824 g/mol. The number of nitrogens with zero attached hydrogens (tertiary/aromatic N) is 5. The third-order valence-electron chi connectivity index (χ3n) is 13.1. The maximum atomic E-state index is 17.8. The number of benzene rings is 1. The van der Waals surface area contributed by atoms with Crippen molar-refractivity contribution in [3.05, 3.63) is 47.3 Å². The fourth-order valence-corrected chi connectivity index (χ4v) is 10.3. The van der Waals surface area contributed by atoms with Crippen molar-refractivity contribution in [3.63, 3.8) is 0 Å². The number of hydrogen-bond donors (Lipinski definition) is 3. The van der Waals surface area contributed by atoms with Crippen molar-refractivity contribution in [1.82, 2.24) is 34.2 Å². The van der Waals surface area contributed by atoms with Crippen LogP contribution in [0.15, 0.2) is 36.5 Å². The van der Waals surface area contributed by atoms with Gasteiger partial charge >= 0.3 is 12.1 Å². The van der Waals surface area contributed by atoms with Crippen LogP contribution in [0.25, 0.3) is 16.7 Å². The summed E-state index contributed by atoms with van der Waals surface area (Å²) in [7, 11) is -4.18. The number of halogens is 3. The largest absolute Gasteiger partial charge is 0.465 e. The molecule has 4 amide bonds. The average molecular weight is 876 g/mol. The van der Waals surface area contributed by atoms with Gasteiger partial charge in [-0.25, -0.2) is 18.2 Å². The van der Waals surface area contributed by atoms with E-state index in [4.69, 9.17) is 16.3 Å². The van der Waals surface area contributed by atoms with Crippen LogP contribution in [0.2, 0.25) is 5.02 Å². The zero-order valence-corrected chi connectivity index (χ0v) is 36.2. The van der Waals surface area contributed by atoms with Crippen LogP contribution in [0.3, 0.4) is 0 Å². The molecule has 4 aliphatic rings. The molecule has 15 nitrogen and oxygen atoms in total. The second kappa shape index (κ2) is 15.1. The second-order valence-corrected chi connectivity index (χ2v) is 20.4. The first-order valence-electron chi connectivity index (χ1n) is 20.4. The van der Waals surface area contributed by atoms with Crippen LogP contribution in [0.4, 0.5) is 13.6 Å². The molecule has 3 fully saturated rings. The van der Waals surface area contributed by atoms with E-state index in [9.17, 15) is 27.9 Å². The van der Waals surface area contributed by atoms with Crippen LogP contribution < -0.4 is 14.8 Å². The van der Waals surface area contributed by atoms with Crippen molar-refractivity contribution in [2.75, 3.05) is 0 Å². The fourth-order valence-electron chi connectivity index (χ4n) is 8.86. The summed E-state index contributed by atoms with van der Waals surface area (Å²) >= 11 is 6.39. The van der Waals surface area contributed by atoms with Gasteiger partial charge in [-0.3, -0.25) is 33.3 Å². The fraction of sp³-hybridized carbons (Fsp3) is 0.610. The number of fused-ring (bicyclic) bond motifs is 5. The van der Waals surface area contributed by atoms with Crippen molar-refractivity contribution in [2.45, 2.75) is 140 Å². The van der Waals surface area contributed by atoms with Crippen LogP contribution in [0.1, 0.15) is 98.6 Å². The number of aromatic nitrogens is 3. The normalized spacial score (nSPS) is 31.2. The van der Waals surface area contributed by atoms with Crippen molar-refractivity contribution < 1.29 is 46.2 Å². The Kier molecular flexibility index (Phi) is 10.9. The summed E-state index contributed by atoms with van der Waals surface area (Å²) in [5, 5.41) is 13.7. The molecule has 3 N–H and O–H groups in total. The molecule has 0 bridgehead atoms. The van der Waals surface area contributed by atoms with Crippen LogP contribution in [-0.2, 0) is 24.4 Å². The van der Waals surface area contributed by atoms with Gasteiger partial charge in [-0.15, -0.1) is 0 Å². The SMILES string of the molecule is CCC(C)N(C(=O)O)[C@@H]1C(=O)N2[C@@H](C[C@@](C)(Oc3nc4nc(C)cn4c4ccc(Cl)cc34)C2(F)F)C(=O)N[C@]2(C(=O)NS(=O)(=O)C3(C)CC3)C[C@H]2/C=C\CC[C@H](C)C[C@H]1C. The molecule has 19 heteroatoms. The lowest BCUT2D eigenvalue weighted by Gasteiger charge is -2.42. The minimum Gasteiger partial charge on any atom is -0.465 e.